The Balaban J connectivity index is 3.68. The van der Waals surface area contributed by atoms with Crippen molar-refractivity contribution < 1.29 is 12.3 Å². The summed E-state index contributed by atoms with van der Waals surface area (Å²) in [4.78, 5) is 6.91. The summed E-state index contributed by atoms with van der Waals surface area (Å²) in [5.41, 5.74) is -1.25. The lowest BCUT2D eigenvalue weighted by molar-refractivity contribution is 0.962. The van der Waals surface area contributed by atoms with Crippen LogP contribution in [-0.2, 0) is 0 Å². The highest BCUT2D eigenvalue weighted by molar-refractivity contribution is 9.10. The number of rotatable bonds is 0. The third-order valence-corrected chi connectivity index (χ3v) is 1.60. The lowest BCUT2D eigenvalue weighted by Crippen LogP contribution is -1.95. The Kier molecular flexibility index (Phi) is 0.541. The van der Waals surface area contributed by atoms with E-state index in [0.29, 0.717) is 0 Å². The van der Waals surface area contributed by atoms with Crippen molar-refractivity contribution >= 4 is 15.9 Å². The van der Waals surface area contributed by atoms with Gasteiger partial charge in [-0.2, -0.15) is 0 Å². The van der Waals surface area contributed by atoms with E-state index in [1.165, 1.54) is 0 Å². The van der Waals surface area contributed by atoms with Gasteiger partial charge in [0.1, 0.15) is 5.82 Å². The summed E-state index contributed by atoms with van der Waals surface area (Å²) in [5.74, 6) is -0.798. The van der Waals surface area contributed by atoms with Crippen molar-refractivity contribution in [2.75, 3.05) is 0 Å². The van der Waals surface area contributed by atoms with Crippen LogP contribution in [0.5, 0.6) is 0 Å². The fourth-order valence-corrected chi connectivity index (χ4v) is 0.624. The minimum atomic E-state index is -2.79. The van der Waals surface area contributed by atoms with Crippen molar-refractivity contribution in [3.05, 3.63) is 21.7 Å². The highest BCUT2D eigenvalue weighted by atomic mass is 79.9. The van der Waals surface area contributed by atoms with Gasteiger partial charge < -0.3 is 0 Å². The molecule has 0 saturated carbocycles. The van der Waals surface area contributed by atoms with Crippen molar-refractivity contribution in [2.45, 2.75) is 20.6 Å². The zero-order valence-electron chi connectivity index (χ0n) is 13.8. The van der Waals surface area contributed by atoms with Crippen LogP contribution in [0.4, 0.5) is 0 Å². The van der Waals surface area contributed by atoms with Gasteiger partial charge in [0.2, 0.25) is 0 Å². The summed E-state index contributed by atoms with van der Waals surface area (Å²) < 4.78 is 64.8. The molecule has 0 saturated heterocycles. The van der Waals surface area contributed by atoms with Crippen molar-refractivity contribution in [3.63, 3.8) is 0 Å². The Morgan fingerprint density at radius 2 is 1.80 bits per heavy atom. The van der Waals surface area contributed by atoms with Crippen LogP contribution < -0.4 is 0 Å². The summed E-state index contributed by atoms with van der Waals surface area (Å²) in [6.07, 6.45) is 0. The molecule has 0 radical (unpaired) electrons. The minimum Gasteiger partial charge on any atom is -0.237 e. The number of hydrogen-bond donors (Lipinski definition) is 0. The van der Waals surface area contributed by atoms with E-state index in [9.17, 15) is 0 Å². The first-order valence-electron chi connectivity index (χ1n) is 6.83. The van der Waals surface area contributed by atoms with E-state index < -0.39 is 37.8 Å². The molecule has 2 nitrogen and oxygen atoms in total. The van der Waals surface area contributed by atoms with Crippen molar-refractivity contribution in [1.82, 2.24) is 9.97 Å². The molecule has 1 aromatic heterocycles. The average molecular weight is 210 g/mol. The molecule has 1 heterocycles. The van der Waals surface area contributed by atoms with Gasteiger partial charge in [-0.1, -0.05) is 0 Å². The molecule has 1 rings (SSSR count). The minimum absolute atomic E-state index is 0.319. The van der Waals surface area contributed by atoms with Gasteiger partial charge in [0, 0.05) is 12.3 Å². The Labute approximate surface area is 81.5 Å². The standard InChI is InChI=1S/C7H9BrN2/c1-4-7(8)5(2)10-6(3)9-4/h1-3H3/i1D3,2D3,3D3. The van der Waals surface area contributed by atoms with E-state index in [1.54, 1.807) is 0 Å². The topological polar surface area (TPSA) is 25.8 Å². The van der Waals surface area contributed by atoms with Gasteiger partial charge in [-0.05, 0) is 36.5 Å². The van der Waals surface area contributed by atoms with E-state index in [0.717, 1.165) is 0 Å². The molecule has 0 spiro atoms. The molecule has 3 heteroatoms. The number of nitrogens with zero attached hydrogens (tertiary/aromatic N) is 2. The fraction of sp³-hybridized carbons (Fsp3) is 0.429. The van der Waals surface area contributed by atoms with Crippen LogP contribution in [0.3, 0.4) is 0 Å². The van der Waals surface area contributed by atoms with Gasteiger partial charge >= 0.3 is 0 Å². The lowest BCUT2D eigenvalue weighted by Gasteiger charge is -2.00. The number of aryl methyl sites for hydroxylation is 3. The van der Waals surface area contributed by atoms with E-state index in [-0.39, 0.29) is 4.47 Å². The van der Waals surface area contributed by atoms with E-state index in [2.05, 4.69) is 25.9 Å². The van der Waals surface area contributed by atoms with Crippen molar-refractivity contribution in [2.24, 2.45) is 0 Å². The Morgan fingerprint density at radius 3 is 2.20 bits per heavy atom. The van der Waals surface area contributed by atoms with Crippen LogP contribution >= 0.6 is 15.9 Å². The first-order chi connectivity index (χ1) is 8.24. The monoisotopic (exact) mass is 209 g/mol. The molecular weight excluding hydrogens is 192 g/mol. The van der Waals surface area contributed by atoms with Crippen molar-refractivity contribution in [3.8, 4) is 0 Å². The maximum Gasteiger partial charge on any atom is 0.125 e. The first kappa shape index (κ1) is 2.03. The summed E-state index contributed by atoms with van der Waals surface area (Å²) in [5, 5.41) is 0. The second kappa shape index (κ2) is 2.66. The normalized spacial score (nSPS) is 27.1. The fourth-order valence-electron chi connectivity index (χ4n) is 0.447. The second-order valence-corrected chi connectivity index (χ2v) is 2.35. The molecule has 10 heavy (non-hydrogen) atoms. The Bertz CT molecular complexity index is 452. The smallest absolute Gasteiger partial charge is 0.125 e. The summed E-state index contributed by atoms with van der Waals surface area (Å²) in [6, 6.07) is 0. The third-order valence-electron chi connectivity index (χ3n) is 0.851. The average Bonchev–Trinajstić information content (AvgIpc) is 2.11. The predicted octanol–water partition coefficient (Wildman–Crippen LogP) is 2.16. The molecule has 54 valence electrons. The number of hydrogen-bond acceptors (Lipinski definition) is 2. The quantitative estimate of drug-likeness (QED) is 0.655. The summed E-state index contributed by atoms with van der Waals surface area (Å²) in [7, 11) is 0. The molecular formula is C7H9BrN2. The molecule has 0 aromatic carbocycles. The molecule has 1 aromatic rings. The first-order valence-corrected chi connectivity index (χ1v) is 3.13. The van der Waals surface area contributed by atoms with Crippen LogP contribution in [-0.4, -0.2) is 9.97 Å². The van der Waals surface area contributed by atoms with Gasteiger partial charge in [0.15, 0.2) is 0 Å². The Morgan fingerprint density at radius 1 is 1.20 bits per heavy atom. The maximum absolute atomic E-state index is 7.26. The molecule has 0 aliphatic rings. The highest BCUT2D eigenvalue weighted by Crippen LogP contribution is 2.16. The second-order valence-electron chi connectivity index (χ2n) is 1.56. The third kappa shape index (κ3) is 1.34. The lowest BCUT2D eigenvalue weighted by atomic mass is 10.3. The van der Waals surface area contributed by atoms with Crippen LogP contribution in [0.25, 0.3) is 0 Å². The summed E-state index contributed by atoms with van der Waals surface area (Å²) in [6.45, 7) is -8.29. The zero-order chi connectivity index (χ0) is 15.2. The molecule has 0 unspecified atom stereocenters. The van der Waals surface area contributed by atoms with Crippen LogP contribution in [0, 0.1) is 20.6 Å². The molecule has 0 N–H and O–H groups in total. The van der Waals surface area contributed by atoms with Crippen LogP contribution in [0.15, 0.2) is 4.47 Å². The SMILES string of the molecule is [2H]C([2H])([2H])c1nc(C([2H])([2H])[2H])c(Br)c(C([2H])([2H])[2H])n1. The predicted molar refractivity (Wildman–Crippen MR) is 43.9 cm³/mol. The van der Waals surface area contributed by atoms with Gasteiger partial charge in [0.05, 0.1) is 15.9 Å². The van der Waals surface area contributed by atoms with Gasteiger partial charge in [-0.25, -0.2) is 9.97 Å². The largest absolute Gasteiger partial charge is 0.237 e. The van der Waals surface area contributed by atoms with E-state index in [1.807, 2.05) is 0 Å². The van der Waals surface area contributed by atoms with Crippen LogP contribution in [0.2, 0.25) is 0 Å². The van der Waals surface area contributed by atoms with Crippen molar-refractivity contribution in [1.29, 1.82) is 0 Å². The zero-order valence-corrected chi connectivity index (χ0v) is 6.36. The number of aromatic nitrogens is 2. The van der Waals surface area contributed by atoms with E-state index in [4.69, 9.17) is 12.3 Å². The maximum atomic E-state index is 7.26. The molecule has 0 aliphatic carbocycles. The number of halogens is 1. The molecule has 0 bridgehead atoms. The Hall–Kier alpha value is -0.440. The molecule has 0 aliphatic heterocycles. The molecule has 0 fully saturated rings. The molecule has 0 amide bonds. The summed E-state index contributed by atoms with van der Waals surface area (Å²) >= 11 is 2.83. The highest BCUT2D eigenvalue weighted by Gasteiger charge is 2.00. The van der Waals surface area contributed by atoms with Gasteiger partial charge in [-0.15, -0.1) is 0 Å². The van der Waals surface area contributed by atoms with Crippen LogP contribution in [0.1, 0.15) is 29.5 Å². The van der Waals surface area contributed by atoms with E-state index >= 15 is 0 Å². The molecule has 0 atom stereocenters. The van der Waals surface area contributed by atoms with Gasteiger partial charge in [0.25, 0.3) is 0 Å². The van der Waals surface area contributed by atoms with Gasteiger partial charge in [-0.3, -0.25) is 0 Å².